The van der Waals surface area contributed by atoms with Crippen molar-refractivity contribution < 1.29 is 44.1 Å². The molecule has 0 atom stereocenters. The Balaban J connectivity index is 0.00000582. The number of para-hydroxylation sites is 4. The van der Waals surface area contributed by atoms with Gasteiger partial charge < -0.3 is 13.9 Å². The quantitative estimate of drug-likeness (QED) is 0.118. The van der Waals surface area contributed by atoms with Gasteiger partial charge in [0.25, 0.3) is 6.33 Å². The van der Waals surface area contributed by atoms with Gasteiger partial charge in [0.1, 0.15) is 5.82 Å². The zero-order chi connectivity index (χ0) is 49.3. The van der Waals surface area contributed by atoms with Gasteiger partial charge in [-0.1, -0.05) is 154 Å². The van der Waals surface area contributed by atoms with E-state index in [1.165, 1.54) is 11.1 Å². The van der Waals surface area contributed by atoms with Crippen molar-refractivity contribution in [2.75, 3.05) is 0 Å². The van der Waals surface area contributed by atoms with Crippen molar-refractivity contribution >= 4 is 32.8 Å². The summed E-state index contributed by atoms with van der Waals surface area (Å²) >= 11 is 0. The molecule has 5 nitrogen and oxygen atoms in total. The van der Waals surface area contributed by atoms with Gasteiger partial charge in [0.15, 0.2) is 0 Å². The summed E-state index contributed by atoms with van der Waals surface area (Å²) in [5.74, 6) is 1.61. The molecule has 0 radical (unpaired) electrons. The van der Waals surface area contributed by atoms with Crippen molar-refractivity contribution in [1.82, 2.24) is 14.1 Å². The fourth-order valence-corrected chi connectivity index (χ4v) is 9.24. The number of fused-ring (bicyclic) bond motifs is 5. The van der Waals surface area contributed by atoms with Crippen molar-refractivity contribution in [3.8, 4) is 50.9 Å². The Bertz CT molecular complexity index is 3740. The Morgan fingerprint density at radius 2 is 1.30 bits per heavy atom. The fourth-order valence-electron chi connectivity index (χ4n) is 9.24. The molecule has 0 N–H and O–H groups in total. The van der Waals surface area contributed by atoms with E-state index in [1.807, 2.05) is 66.9 Å². The average molecular weight is 980 g/mol. The topological polar surface area (TPSA) is 35.9 Å². The first kappa shape index (κ1) is 28.8. The third-order valence-electron chi connectivity index (χ3n) is 11.6. The second-order valence-corrected chi connectivity index (χ2v) is 16.4. The molecule has 0 saturated carbocycles. The molecule has 0 spiro atoms. The van der Waals surface area contributed by atoms with E-state index in [4.69, 9.17) is 23.4 Å². The van der Waals surface area contributed by atoms with E-state index in [0.29, 0.717) is 28.2 Å². The molecule has 0 bridgehead atoms. The van der Waals surface area contributed by atoms with Crippen LogP contribution < -0.4 is 9.30 Å². The van der Waals surface area contributed by atoms with E-state index in [0.717, 1.165) is 34.0 Å². The summed E-state index contributed by atoms with van der Waals surface area (Å²) in [7, 11) is 0. The SMILES string of the molecule is [2H]c1c([2H])c([2H])c(-c2cccc(-c3c([2H])c([2H])c([2H])c([2H])c3[2H])c2-[n+]2[c-]n(-c3[c-]c(Oc4[c-]c5c(cc4)c4ccccc4n5-c4cc5c(cn4)C(C)(C)CC5(C)C)ccc3)c3ccccc32)c([2H])c1[2H].[Pt]. The van der Waals surface area contributed by atoms with E-state index in [1.54, 1.807) is 33.4 Å². The molecule has 1 aliphatic carbocycles. The van der Waals surface area contributed by atoms with Crippen LogP contribution in [0.5, 0.6) is 11.5 Å². The Labute approximate surface area is 384 Å². The van der Waals surface area contributed by atoms with Crippen molar-refractivity contribution in [1.29, 1.82) is 0 Å². The standard InChI is InChI=1S/C55H42N4O.Pt/c1-54(2)35-55(3,4)47-34-56-52(33-46(47)54)59-48-26-12-11-23-44(48)45-30-29-41(32-51(45)59)60-40-22-15-21-39(31-40)57-36-58(50-28-14-13-27-49(50)57)53-42(37-17-7-5-8-18-37)24-16-25-43(53)38-19-9-6-10-20-38;/h5-30,33-34H,35H2,1-4H3;/q-2;/i5D,6D,7D,8D,9D,10D,17D,18D,19D,20D;. The number of rotatable bonds is 7. The van der Waals surface area contributed by atoms with E-state index in [2.05, 4.69) is 68.9 Å². The predicted octanol–water partition coefficient (Wildman–Crippen LogP) is 12.9. The smallest absolute Gasteiger partial charge is 0.268 e. The van der Waals surface area contributed by atoms with E-state index >= 15 is 0 Å². The number of hydrogen-bond acceptors (Lipinski definition) is 2. The Hall–Kier alpha value is -6.55. The van der Waals surface area contributed by atoms with Crippen molar-refractivity contribution in [2.24, 2.45) is 0 Å². The van der Waals surface area contributed by atoms with Gasteiger partial charge in [-0.2, -0.15) is 18.2 Å². The van der Waals surface area contributed by atoms with Crippen LogP contribution in [0.2, 0.25) is 0 Å². The number of ether oxygens (including phenoxy) is 1. The van der Waals surface area contributed by atoms with Crippen LogP contribution in [0.3, 0.4) is 0 Å². The number of nitrogens with zero attached hydrogens (tertiary/aromatic N) is 4. The number of hydrogen-bond donors (Lipinski definition) is 0. The number of imidazole rings is 1. The molecule has 7 aromatic carbocycles. The van der Waals surface area contributed by atoms with E-state index in [-0.39, 0.29) is 59.8 Å². The van der Waals surface area contributed by atoms with Gasteiger partial charge in [0.05, 0.1) is 30.4 Å². The second-order valence-electron chi connectivity index (χ2n) is 16.4. The summed E-state index contributed by atoms with van der Waals surface area (Å²) in [6.45, 7) is 9.13. The zero-order valence-corrected chi connectivity index (χ0v) is 35.9. The Morgan fingerprint density at radius 1 is 0.656 bits per heavy atom. The third kappa shape index (κ3) is 6.51. The van der Waals surface area contributed by atoms with Crippen molar-refractivity contribution in [3.63, 3.8) is 0 Å². The van der Waals surface area contributed by atoms with Gasteiger partial charge >= 0.3 is 0 Å². The number of aromatic nitrogens is 4. The Kier molecular flexibility index (Phi) is 7.03. The molecular weight excluding hydrogens is 928 g/mol. The minimum atomic E-state index is -0.570. The normalized spacial score (nSPS) is 16.3. The zero-order valence-electron chi connectivity index (χ0n) is 43.6. The molecule has 0 fully saturated rings. The van der Waals surface area contributed by atoms with Crippen LogP contribution in [0.4, 0.5) is 0 Å². The van der Waals surface area contributed by atoms with Crippen LogP contribution in [0.15, 0.2) is 170 Å². The molecule has 0 aliphatic heterocycles. The van der Waals surface area contributed by atoms with Crippen LogP contribution in [-0.4, -0.2) is 14.1 Å². The predicted molar refractivity (Wildman–Crippen MR) is 242 cm³/mol. The van der Waals surface area contributed by atoms with Gasteiger partial charge in [-0.25, -0.2) is 4.98 Å². The van der Waals surface area contributed by atoms with Gasteiger partial charge in [0.2, 0.25) is 0 Å². The summed E-state index contributed by atoms with van der Waals surface area (Å²) < 4.78 is 99.0. The minimum absolute atomic E-state index is 0. The fraction of sp³-hybridized carbons (Fsp3) is 0.127. The van der Waals surface area contributed by atoms with Crippen LogP contribution >= 0.6 is 0 Å². The maximum atomic E-state index is 9.01. The van der Waals surface area contributed by atoms with Gasteiger partial charge in [-0.05, 0) is 73.8 Å². The molecule has 10 aromatic rings. The number of pyridine rings is 1. The van der Waals surface area contributed by atoms with Crippen LogP contribution in [0, 0.1) is 18.5 Å². The molecule has 0 unspecified atom stereocenters. The summed E-state index contributed by atoms with van der Waals surface area (Å²) in [5, 5.41) is 2.05. The molecule has 0 saturated heterocycles. The van der Waals surface area contributed by atoms with Crippen LogP contribution in [-0.2, 0) is 31.9 Å². The third-order valence-corrected chi connectivity index (χ3v) is 11.6. The largest absolute Gasteiger partial charge is 0.510 e. The molecule has 11 rings (SSSR count). The van der Waals surface area contributed by atoms with Crippen molar-refractivity contribution in [2.45, 2.75) is 44.9 Å². The monoisotopic (exact) mass is 979 g/mol. The second kappa shape index (κ2) is 14.9. The molecule has 3 heterocycles. The maximum Gasteiger partial charge on any atom is 0.268 e. The molecule has 0 amide bonds. The molecule has 300 valence electrons. The van der Waals surface area contributed by atoms with Crippen LogP contribution in [0.25, 0.3) is 72.3 Å². The molecular formula is C55H42N4OPt-2. The first-order valence-corrected chi connectivity index (χ1v) is 19.8. The molecule has 61 heavy (non-hydrogen) atoms. The molecule has 3 aromatic heterocycles. The maximum absolute atomic E-state index is 9.01. The van der Waals surface area contributed by atoms with E-state index < -0.39 is 60.4 Å². The van der Waals surface area contributed by atoms with Crippen molar-refractivity contribution in [3.05, 3.63) is 199 Å². The van der Waals surface area contributed by atoms with Gasteiger partial charge in [0, 0.05) is 44.3 Å². The molecule has 6 heteroatoms. The summed E-state index contributed by atoms with van der Waals surface area (Å²) in [4.78, 5) is 5.05. The van der Waals surface area contributed by atoms with E-state index in [9.17, 15) is 0 Å². The molecule has 1 aliphatic rings. The summed E-state index contributed by atoms with van der Waals surface area (Å²) in [6.07, 6.45) is 6.45. The summed E-state index contributed by atoms with van der Waals surface area (Å²) in [5.41, 5.74) is 6.16. The van der Waals surface area contributed by atoms with Gasteiger partial charge in [-0.15, -0.1) is 29.7 Å². The average Bonchev–Trinajstić information content (AvgIpc) is 3.95. The summed E-state index contributed by atoms with van der Waals surface area (Å²) in [6, 6.07) is 33.6. The van der Waals surface area contributed by atoms with Gasteiger partial charge in [-0.3, -0.25) is 4.57 Å². The first-order valence-electron chi connectivity index (χ1n) is 24.8. The number of benzene rings is 7. The minimum Gasteiger partial charge on any atom is -0.510 e. The Morgan fingerprint density at radius 3 is 2.03 bits per heavy atom. The first-order chi connectivity index (χ1) is 33.4. The van der Waals surface area contributed by atoms with Crippen LogP contribution in [0.1, 0.15) is 59.0 Å².